The summed E-state index contributed by atoms with van der Waals surface area (Å²) in [7, 11) is 1.56. The summed E-state index contributed by atoms with van der Waals surface area (Å²) in [4.78, 5) is 25.2. The van der Waals surface area contributed by atoms with Gasteiger partial charge in [-0.15, -0.1) is 0 Å². The number of halogens is 1. The summed E-state index contributed by atoms with van der Waals surface area (Å²) >= 11 is 5.87. The van der Waals surface area contributed by atoms with Crippen LogP contribution in [-0.2, 0) is 11.4 Å². The summed E-state index contributed by atoms with van der Waals surface area (Å²) in [5.41, 5.74) is 4.67. The van der Waals surface area contributed by atoms with Gasteiger partial charge >= 0.3 is 0 Å². The number of hydrogen-bond donors (Lipinski definition) is 2. The van der Waals surface area contributed by atoms with Crippen LogP contribution in [0.1, 0.15) is 35.3 Å². The van der Waals surface area contributed by atoms with Crippen molar-refractivity contribution in [1.29, 1.82) is 0 Å². The smallest absolute Gasteiger partial charge is 0.262 e. The van der Waals surface area contributed by atoms with Crippen molar-refractivity contribution in [2.24, 2.45) is 11.0 Å². The lowest BCUT2D eigenvalue weighted by Gasteiger charge is -2.20. The van der Waals surface area contributed by atoms with Crippen LogP contribution in [0.2, 0.25) is 5.02 Å². The Bertz CT molecular complexity index is 1160. The maximum absolute atomic E-state index is 12.7. The van der Waals surface area contributed by atoms with Crippen molar-refractivity contribution in [3.05, 3.63) is 94.5 Å². The van der Waals surface area contributed by atoms with Crippen LogP contribution in [0.5, 0.6) is 11.5 Å². The maximum Gasteiger partial charge on any atom is 0.262 e. The molecule has 7 nitrogen and oxygen atoms in total. The molecule has 182 valence electrons. The van der Waals surface area contributed by atoms with E-state index in [0.29, 0.717) is 34.3 Å². The van der Waals surface area contributed by atoms with Gasteiger partial charge in [0, 0.05) is 10.6 Å². The fourth-order valence-electron chi connectivity index (χ4n) is 3.22. The minimum absolute atomic E-state index is 0.150. The molecule has 2 N–H and O–H groups in total. The summed E-state index contributed by atoms with van der Waals surface area (Å²) < 4.78 is 11.3. The Hall–Kier alpha value is -3.84. The van der Waals surface area contributed by atoms with E-state index in [1.54, 1.807) is 49.6 Å². The molecule has 8 heteroatoms. The van der Waals surface area contributed by atoms with Crippen LogP contribution in [0.25, 0.3) is 0 Å². The number of carbonyl (C=O) groups is 2. The summed E-state index contributed by atoms with van der Waals surface area (Å²) in [6, 6.07) is 20.9. The van der Waals surface area contributed by atoms with Crippen LogP contribution in [-0.4, -0.2) is 31.2 Å². The molecule has 3 rings (SSSR count). The molecule has 0 saturated carbocycles. The average Bonchev–Trinajstić information content (AvgIpc) is 2.87. The van der Waals surface area contributed by atoms with E-state index in [9.17, 15) is 9.59 Å². The molecule has 0 aliphatic rings. The second-order valence-electron chi connectivity index (χ2n) is 8.12. The normalized spacial score (nSPS) is 11.8. The van der Waals surface area contributed by atoms with E-state index >= 15 is 0 Å². The standard InChI is InChI=1S/C27H28ClN3O4/c1-18(2)25(30-26(32)21-10-12-22(28)13-11-21)27(33)31-29-16-20-9-14-23(24(15-20)34-3)35-17-19-7-5-4-6-8-19/h4-16,18,25H,17H2,1-3H3,(H,30,32)(H,31,33). The molecule has 0 heterocycles. The number of rotatable bonds is 10. The third-order valence-electron chi connectivity index (χ3n) is 5.16. The van der Waals surface area contributed by atoms with Gasteiger partial charge in [0.2, 0.25) is 0 Å². The number of benzene rings is 3. The van der Waals surface area contributed by atoms with E-state index in [0.717, 1.165) is 5.56 Å². The minimum Gasteiger partial charge on any atom is -0.493 e. The average molecular weight is 494 g/mol. The van der Waals surface area contributed by atoms with Crippen molar-refractivity contribution >= 4 is 29.6 Å². The Balaban J connectivity index is 1.60. The molecule has 2 amide bonds. The van der Waals surface area contributed by atoms with Crippen molar-refractivity contribution in [3.63, 3.8) is 0 Å². The molecular weight excluding hydrogens is 466 g/mol. The lowest BCUT2D eigenvalue weighted by atomic mass is 10.0. The zero-order chi connectivity index (χ0) is 25.2. The van der Waals surface area contributed by atoms with Crippen molar-refractivity contribution in [2.75, 3.05) is 7.11 Å². The maximum atomic E-state index is 12.7. The Morgan fingerprint density at radius 3 is 2.37 bits per heavy atom. The van der Waals surface area contributed by atoms with Gasteiger partial charge in [-0.05, 0) is 59.5 Å². The number of ether oxygens (including phenoxy) is 2. The van der Waals surface area contributed by atoms with Gasteiger partial charge < -0.3 is 14.8 Å². The first-order valence-electron chi connectivity index (χ1n) is 11.1. The SMILES string of the molecule is COc1cc(C=NNC(=O)C(NC(=O)c2ccc(Cl)cc2)C(C)C)ccc1OCc1ccccc1. The second kappa shape index (κ2) is 12.6. The van der Waals surface area contributed by atoms with E-state index in [1.807, 2.05) is 44.2 Å². The monoisotopic (exact) mass is 493 g/mol. The zero-order valence-corrected chi connectivity index (χ0v) is 20.6. The zero-order valence-electron chi connectivity index (χ0n) is 19.8. The Labute approximate surface area is 210 Å². The van der Waals surface area contributed by atoms with Gasteiger partial charge in [0.25, 0.3) is 11.8 Å². The van der Waals surface area contributed by atoms with Gasteiger partial charge in [-0.2, -0.15) is 5.10 Å². The van der Waals surface area contributed by atoms with Gasteiger partial charge in [-0.25, -0.2) is 5.43 Å². The number of nitrogens with zero attached hydrogens (tertiary/aromatic N) is 1. The van der Waals surface area contributed by atoms with Crippen molar-refractivity contribution in [3.8, 4) is 11.5 Å². The number of hydrogen-bond acceptors (Lipinski definition) is 5. The van der Waals surface area contributed by atoms with Gasteiger partial charge in [0.05, 0.1) is 13.3 Å². The summed E-state index contributed by atoms with van der Waals surface area (Å²) in [5, 5.41) is 7.32. The van der Waals surface area contributed by atoms with Crippen LogP contribution < -0.4 is 20.2 Å². The topological polar surface area (TPSA) is 89.0 Å². The number of carbonyl (C=O) groups excluding carboxylic acids is 2. The quantitative estimate of drug-likeness (QED) is 0.312. The third kappa shape index (κ3) is 7.58. The molecule has 3 aromatic rings. The number of methoxy groups -OCH3 is 1. The van der Waals surface area contributed by atoms with Crippen molar-refractivity contribution in [2.45, 2.75) is 26.5 Å². The Kier molecular flexibility index (Phi) is 9.26. The van der Waals surface area contributed by atoms with E-state index in [1.165, 1.54) is 6.21 Å². The Morgan fingerprint density at radius 2 is 1.71 bits per heavy atom. The van der Waals surface area contributed by atoms with Gasteiger partial charge in [0.15, 0.2) is 11.5 Å². The van der Waals surface area contributed by atoms with Crippen LogP contribution in [0, 0.1) is 5.92 Å². The first kappa shape index (κ1) is 25.8. The van der Waals surface area contributed by atoms with Crippen LogP contribution in [0.15, 0.2) is 77.9 Å². The number of amides is 2. The summed E-state index contributed by atoms with van der Waals surface area (Å²) in [6.45, 7) is 4.10. The predicted octanol–water partition coefficient (Wildman–Crippen LogP) is 4.83. The summed E-state index contributed by atoms with van der Waals surface area (Å²) in [6.07, 6.45) is 1.50. The molecule has 0 spiro atoms. The molecule has 0 aromatic heterocycles. The van der Waals surface area contributed by atoms with Gasteiger partial charge in [-0.3, -0.25) is 9.59 Å². The molecule has 0 radical (unpaired) electrons. The molecular formula is C27H28ClN3O4. The number of nitrogens with one attached hydrogen (secondary N) is 2. The molecule has 1 atom stereocenters. The van der Waals surface area contributed by atoms with Crippen molar-refractivity contribution < 1.29 is 19.1 Å². The summed E-state index contributed by atoms with van der Waals surface area (Å²) in [5.74, 6) is 0.208. The minimum atomic E-state index is -0.765. The van der Waals surface area contributed by atoms with Crippen LogP contribution >= 0.6 is 11.6 Å². The fraction of sp³-hybridized carbons (Fsp3) is 0.222. The largest absolute Gasteiger partial charge is 0.493 e. The first-order valence-corrected chi connectivity index (χ1v) is 11.5. The van der Waals surface area contributed by atoms with Gasteiger partial charge in [-0.1, -0.05) is 55.8 Å². The van der Waals surface area contributed by atoms with E-state index in [2.05, 4.69) is 15.8 Å². The highest BCUT2D eigenvalue weighted by Crippen LogP contribution is 2.28. The highest BCUT2D eigenvalue weighted by atomic mass is 35.5. The molecule has 35 heavy (non-hydrogen) atoms. The number of hydrazone groups is 1. The molecule has 3 aromatic carbocycles. The lowest BCUT2D eigenvalue weighted by Crippen LogP contribution is -2.48. The van der Waals surface area contributed by atoms with Crippen LogP contribution in [0.3, 0.4) is 0 Å². The lowest BCUT2D eigenvalue weighted by molar-refractivity contribution is -0.123. The van der Waals surface area contributed by atoms with Gasteiger partial charge in [0.1, 0.15) is 12.6 Å². The van der Waals surface area contributed by atoms with E-state index < -0.39 is 11.9 Å². The molecule has 0 aliphatic carbocycles. The molecule has 0 fully saturated rings. The van der Waals surface area contributed by atoms with E-state index in [4.69, 9.17) is 21.1 Å². The highest BCUT2D eigenvalue weighted by molar-refractivity contribution is 6.30. The van der Waals surface area contributed by atoms with Crippen LogP contribution in [0.4, 0.5) is 0 Å². The third-order valence-corrected chi connectivity index (χ3v) is 5.41. The predicted molar refractivity (Wildman–Crippen MR) is 137 cm³/mol. The molecule has 1 unspecified atom stereocenters. The van der Waals surface area contributed by atoms with E-state index in [-0.39, 0.29) is 11.8 Å². The first-order chi connectivity index (χ1) is 16.9. The Morgan fingerprint density at radius 1 is 1.00 bits per heavy atom. The highest BCUT2D eigenvalue weighted by Gasteiger charge is 2.24. The second-order valence-corrected chi connectivity index (χ2v) is 8.56. The molecule has 0 bridgehead atoms. The molecule has 0 aliphatic heterocycles. The molecule has 0 saturated heterocycles. The van der Waals surface area contributed by atoms with Crippen molar-refractivity contribution in [1.82, 2.24) is 10.7 Å². The fourth-order valence-corrected chi connectivity index (χ4v) is 3.35.